The molecule has 3 saturated heterocycles. The monoisotopic (exact) mass is 438 g/mol. The lowest BCUT2D eigenvalue weighted by Gasteiger charge is -2.38. The third-order valence-electron chi connectivity index (χ3n) is 6.23. The summed E-state index contributed by atoms with van der Waals surface area (Å²) in [5.74, 6) is -0.864. The van der Waals surface area contributed by atoms with Crippen molar-refractivity contribution >= 4 is 17.8 Å². The van der Waals surface area contributed by atoms with Crippen LogP contribution in [0.25, 0.3) is 0 Å². The van der Waals surface area contributed by atoms with E-state index in [4.69, 9.17) is 0 Å². The second kappa shape index (κ2) is 8.39. The standard InChI is InChI=1S/C21H25F3N4O3/c22-21(23,24)16-4-1-3-14(9-16)11-27-12-15(10-18(27)29)19(30)26-7-2-5-17(13-26)28-8-6-25-20(28)31/h1,3-4,9,15,17H,2,5-8,10-13H2,(H,25,31). The number of amides is 4. The molecule has 4 rings (SSSR count). The average Bonchev–Trinajstić information content (AvgIpc) is 3.33. The highest BCUT2D eigenvalue weighted by atomic mass is 19.4. The molecule has 4 amide bonds. The first-order valence-corrected chi connectivity index (χ1v) is 10.5. The van der Waals surface area contributed by atoms with Crippen LogP contribution in [-0.4, -0.2) is 71.3 Å². The summed E-state index contributed by atoms with van der Waals surface area (Å²) in [5, 5.41) is 2.78. The number of benzene rings is 1. The van der Waals surface area contributed by atoms with Gasteiger partial charge in [0.25, 0.3) is 0 Å². The van der Waals surface area contributed by atoms with E-state index < -0.39 is 17.7 Å². The number of rotatable bonds is 4. The summed E-state index contributed by atoms with van der Waals surface area (Å²) in [6.07, 6.45) is -2.76. The molecule has 1 N–H and O–H groups in total. The van der Waals surface area contributed by atoms with E-state index in [9.17, 15) is 27.6 Å². The zero-order chi connectivity index (χ0) is 22.2. The third kappa shape index (κ3) is 4.62. The molecule has 0 spiro atoms. The lowest BCUT2D eigenvalue weighted by molar-refractivity contribution is -0.138. The number of piperidine rings is 1. The predicted octanol–water partition coefficient (Wildman–Crippen LogP) is 2.07. The van der Waals surface area contributed by atoms with Gasteiger partial charge >= 0.3 is 12.2 Å². The van der Waals surface area contributed by atoms with Crippen LogP contribution in [0, 0.1) is 5.92 Å². The molecule has 10 heteroatoms. The molecule has 0 aliphatic carbocycles. The molecule has 3 fully saturated rings. The smallest absolute Gasteiger partial charge is 0.340 e. The van der Waals surface area contributed by atoms with E-state index in [0.29, 0.717) is 31.7 Å². The topological polar surface area (TPSA) is 73.0 Å². The molecule has 0 bridgehead atoms. The minimum absolute atomic E-state index is 0.0292. The number of carbonyl (C=O) groups is 3. The molecule has 1 aromatic carbocycles. The number of urea groups is 1. The van der Waals surface area contributed by atoms with E-state index in [-0.39, 0.29) is 43.4 Å². The molecule has 7 nitrogen and oxygen atoms in total. The number of halogens is 3. The first kappa shape index (κ1) is 21.5. The predicted molar refractivity (Wildman–Crippen MR) is 105 cm³/mol. The van der Waals surface area contributed by atoms with Crippen LogP contribution in [-0.2, 0) is 22.3 Å². The van der Waals surface area contributed by atoms with Crippen LogP contribution < -0.4 is 5.32 Å². The minimum Gasteiger partial charge on any atom is -0.340 e. The van der Waals surface area contributed by atoms with Gasteiger partial charge in [0.15, 0.2) is 0 Å². The Balaban J connectivity index is 1.37. The second-order valence-corrected chi connectivity index (χ2v) is 8.38. The van der Waals surface area contributed by atoms with Gasteiger partial charge in [0.05, 0.1) is 17.5 Å². The number of hydrogen-bond acceptors (Lipinski definition) is 3. The van der Waals surface area contributed by atoms with Crippen molar-refractivity contribution in [1.82, 2.24) is 20.0 Å². The Morgan fingerprint density at radius 3 is 2.68 bits per heavy atom. The van der Waals surface area contributed by atoms with Crippen LogP contribution in [0.2, 0.25) is 0 Å². The van der Waals surface area contributed by atoms with Gasteiger partial charge in [-0.05, 0) is 30.5 Å². The highest BCUT2D eigenvalue weighted by Crippen LogP contribution is 2.31. The van der Waals surface area contributed by atoms with Gasteiger partial charge in [0, 0.05) is 45.7 Å². The number of carbonyl (C=O) groups excluding carboxylic acids is 3. The van der Waals surface area contributed by atoms with Crippen molar-refractivity contribution < 1.29 is 27.6 Å². The zero-order valence-electron chi connectivity index (χ0n) is 17.0. The minimum atomic E-state index is -4.44. The molecule has 0 saturated carbocycles. The van der Waals surface area contributed by atoms with Crippen LogP contribution in [0.3, 0.4) is 0 Å². The van der Waals surface area contributed by atoms with E-state index in [0.717, 1.165) is 25.0 Å². The van der Waals surface area contributed by atoms with Crippen LogP contribution in [0.15, 0.2) is 24.3 Å². The Kier molecular flexibility index (Phi) is 5.81. The molecule has 1 aromatic rings. The van der Waals surface area contributed by atoms with E-state index in [1.165, 1.54) is 11.0 Å². The lowest BCUT2D eigenvalue weighted by atomic mass is 10.0. The summed E-state index contributed by atoms with van der Waals surface area (Å²) in [7, 11) is 0. The Hall–Kier alpha value is -2.78. The Bertz CT molecular complexity index is 876. The van der Waals surface area contributed by atoms with Crippen LogP contribution >= 0.6 is 0 Å². The number of likely N-dealkylation sites (tertiary alicyclic amines) is 2. The molecule has 31 heavy (non-hydrogen) atoms. The molecule has 3 aliphatic rings. The number of nitrogens with one attached hydrogen (secondary N) is 1. The maximum Gasteiger partial charge on any atom is 0.416 e. The van der Waals surface area contributed by atoms with Crippen molar-refractivity contribution in [2.24, 2.45) is 5.92 Å². The summed E-state index contributed by atoms with van der Waals surface area (Å²) in [4.78, 5) is 42.4. The van der Waals surface area contributed by atoms with Crippen molar-refractivity contribution in [1.29, 1.82) is 0 Å². The fourth-order valence-corrected chi connectivity index (χ4v) is 4.66. The summed E-state index contributed by atoms with van der Waals surface area (Å²) < 4.78 is 38.8. The summed E-state index contributed by atoms with van der Waals surface area (Å²) in [6, 6.07) is 4.77. The molecular weight excluding hydrogens is 413 g/mol. The Morgan fingerprint density at radius 1 is 1.16 bits per heavy atom. The Morgan fingerprint density at radius 2 is 1.97 bits per heavy atom. The van der Waals surface area contributed by atoms with Gasteiger partial charge in [-0.3, -0.25) is 9.59 Å². The van der Waals surface area contributed by atoms with Crippen molar-refractivity contribution in [2.45, 2.75) is 38.0 Å². The molecule has 168 valence electrons. The number of nitrogens with zero attached hydrogens (tertiary/aromatic N) is 3. The van der Waals surface area contributed by atoms with E-state index in [1.54, 1.807) is 15.9 Å². The van der Waals surface area contributed by atoms with Gasteiger partial charge in [-0.1, -0.05) is 12.1 Å². The van der Waals surface area contributed by atoms with Gasteiger partial charge in [-0.2, -0.15) is 13.2 Å². The number of alkyl halides is 3. The maximum absolute atomic E-state index is 13.1. The van der Waals surface area contributed by atoms with Crippen molar-refractivity contribution in [3.05, 3.63) is 35.4 Å². The first-order valence-electron chi connectivity index (χ1n) is 10.5. The second-order valence-electron chi connectivity index (χ2n) is 8.38. The van der Waals surface area contributed by atoms with Gasteiger partial charge in [-0.15, -0.1) is 0 Å². The number of hydrogen-bond donors (Lipinski definition) is 1. The fraction of sp³-hybridized carbons (Fsp3) is 0.571. The first-order chi connectivity index (χ1) is 14.7. The zero-order valence-corrected chi connectivity index (χ0v) is 17.0. The summed E-state index contributed by atoms with van der Waals surface area (Å²) in [6.45, 7) is 2.50. The molecule has 3 aliphatic heterocycles. The molecule has 2 atom stereocenters. The average molecular weight is 438 g/mol. The summed E-state index contributed by atoms with van der Waals surface area (Å²) in [5.41, 5.74) is -0.371. The lowest BCUT2D eigenvalue weighted by Crippen LogP contribution is -2.52. The molecule has 2 unspecified atom stereocenters. The van der Waals surface area contributed by atoms with Crippen molar-refractivity contribution in [3.8, 4) is 0 Å². The largest absolute Gasteiger partial charge is 0.416 e. The fourth-order valence-electron chi connectivity index (χ4n) is 4.66. The van der Waals surface area contributed by atoms with E-state index >= 15 is 0 Å². The van der Waals surface area contributed by atoms with E-state index in [2.05, 4.69) is 5.32 Å². The normalized spacial score (nSPS) is 24.7. The van der Waals surface area contributed by atoms with Crippen LogP contribution in [0.5, 0.6) is 0 Å². The van der Waals surface area contributed by atoms with E-state index in [1.807, 2.05) is 0 Å². The van der Waals surface area contributed by atoms with Crippen molar-refractivity contribution in [3.63, 3.8) is 0 Å². The summed E-state index contributed by atoms with van der Waals surface area (Å²) >= 11 is 0. The third-order valence-corrected chi connectivity index (χ3v) is 6.23. The van der Waals surface area contributed by atoms with Crippen LogP contribution in [0.1, 0.15) is 30.4 Å². The SMILES string of the molecule is O=C1CC(C(=O)N2CCCC(N3CCNC3=O)C2)CN1Cc1cccc(C(F)(F)F)c1. The van der Waals surface area contributed by atoms with Gasteiger partial charge in [0.2, 0.25) is 11.8 Å². The van der Waals surface area contributed by atoms with Gasteiger partial charge in [0.1, 0.15) is 0 Å². The quantitative estimate of drug-likeness (QED) is 0.782. The Labute approximate surface area is 178 Å². The maximum atomic E-state index is 13.1. The van der Waals surface area contributed by atoms with Crippen LogP contribution in [0.4, 0.5) is 18.0 Å². The molecular formula is C21H25F3N4O3. The molecule has 0 radical (unpaired) electrons. The highest BCUT2D eigenvalue weighted by Gasteiger charge is 2.39. The van der Waals surface area contributed by atoms with Gasteiger partial charge in [-0.25, -0.2) is 4.79 Å². The van der Waals surface area contributed by atoms with Gasteiger partial charge < -0.3 is 20.0 Å². The highest BCUT2D eigenvalue weighted by molar-refractivity contribution is 5.89. The van der Waals surface area contributed by atoms with Crippen molar-refractivity contribution in [2.75, 3.05) is 32.7 Å². The molecule has 0 aromatic heterocycles. The molecule has 3 heterocycles.